The number of nitrogens with zero attached hydrogens (tertiary/aromatic N) is 2. The number of ether oxygens (including phenoxy) is 1. The monoisotopic (exact) mass is 328 g/mol. The molecule has 2 N–H and O–H groups in total. The first-order valence-electron chi connectivity index (χ1n) is 8.14. The van der Waals surface area contributed by atoms with E-state index in [1.807, 2.05) is 45.0 Å². The number of carbonyl (C=O) groups is 1. The summed E-state index contributed by atoms with van der Waals surface area (Å²) in [5.41, 5.74) is 3.01. The van der Waals surface area contributed by atoms with Crippen molar-refractivity contribution in [2.45, 2.75) is 27.2 Å². The number of hydrogen-bond acceptors (Lipinski definition) is 5. The average Bonchev–Trinajstić information content (AvgIpc) is 2.54. The third-order valence-electron chi connectivity index (χ3n) is 3.36. The molecule has 1 aromatic carbocycles. The van der Waals surface area contributed by atoms with Gasteiger partial charge in [-0.25, -0.2) is 9.97 Å². The van der Waals surface area contributed by atoms with Crippen LogP contribution in [-0.4, -0.2) is 35.6 Å². The Bertz CT molecular complexity index is 668. The lowest BCUT2D eigenvalue weighted by atomic mass is 10.1. The minimum Gasteiger partial charge on any atom is -0.382 e. The molecule has 0 unspecified atom stereocenters. The maximum absolute atomic E-state index is 12.4. The van der Waals surface area contributed by atoms with Crippen LogP contribution >= 0.6 is 0 Å². The largest absolute Gasteiger partial charge is 0.382 e. The fraction of sp³-hybridized carbons (Fsp3) is 0.389. The van der Waals surface area contributed by atoms with Gasteiger partial charge in [0, 0.05) is 31.1 Å². The van der Waals surface area contributed by atoms with Crippen LogP contribution in [-0.2, 0) is 4.74 Å². The summed E-state index contributed by atoms with van der Waals surface area (Å²) in [6.07, 6.45) is 0.787. The number of aryl methyl sites for hydroxylation is 2. The van der Waals surface area contributed by atoms with E-state index in [1.54, 1.807) is 6.07 Å². The number of anilines is 2. The number of amides is 1. The van der Waals surface area contributed by atoms with E-state index < -0.39 is 0 Å². The van der Waals surface area contributed by atoms with E-state index in [2.05, 4.69) is 20.6 Å². The normalized spacial score (nSPS) is 10.5. The number of aromatic nitrogens is 2. The standard InChI is InChI=1S/C18H24N4O2/c1-4-24-11-7-10-19-17(23)15-8-5-6-9-16(15)22-18-20-13(2)12-14(3)21-18/h5-6,8-9,12H,4,7,10-11H2,1-3H3,(H,19,23)(H,20,21,22). The Kier molecular flexibility index (Phi) is 6.69. The Morgan fingerprint density at radius 3 is 2.58 bits per heavy atom. The Morgan fingerprint density at radius 1 is 1.17 bits per heavy atom. The highest BCUT2D eigenvalue weighted by Crippen LogP contribution is 2.19. The molecule has 2 aromatic rings. The van der Waals surface area contributed by atoms with E-state index in [4.69, 9.17) is 4.74 Å². The smallest absolute Gasteiger partial charge is 0.253 e. The highest BCUT2D eigenvalue weighted by Gasteiger charge is 2.11. The molecule has 0 aliphatic carbocycles. The van der Waals surface area contributed by atoms with Crippen molar-refractivity contribution < 1.29 is 9.53 Å². The van der Waals surface area contributed by atoms with Gasteiger partial charge < -0.3 is 15.4 Å². The Hall–Kier alpha value is -2.47. The number of hydrogen-bond donors (Lipinski definition) is 2. The van der Waals surface area contributed by atoms with E-state index >= 15 is 0 Å². The number of para-hydroxylation sites is 1. The first kappa shape index (κ1) is 17.9. The molecule has 0 aliphatic heterocycles. The quantitative estimate of drug-likeness (QED) is 0.729. The molecule has 1 heterocycles. The van der Waals surface area contributed by atoms with Crippen molar-refractivity contribution in [1.29, 1.82) is 0 Å². The summed E-state index contributed by atoms with van der Waals surface area (Å²) in [5.74, 6) is 0.364. The second kappa shape index (κ2) is 8.98. The van der Waals surface area contributed by atoms with Crippen LogP contribution in [0.3, 0.4) is 0 Å². The zero-order valence-corrected chi connectivity index (χ0v) is 14.4. The molecule has 0 aliphatic rings. The van der Waals surface area contributed by atoms with Crippen LogP contribution in [0, 0.1) is 13.8 Å². The van der Waals surface area contributed by atoms with Gasteiger partial charge in [-0.3, -0.25) is 4.79 Å². The molecule has 1 aromatic heterocycles. The van der Waals surface area contributed by atoms with Gasteiger partial charge in [-0.2, -0.15) is 0 Å². The lowest BCUT2D eigenvalue weighted by molar-refractivity contribution is 0.0945. The summed E-state index contributed by atoms with van der Waals surface area (Å²) >= 11 is 0. The van der Waals surface area contributed by atoms with Gasteiger partial charge in [-0.05, 0) is 45.4 Å². The third-order valence-corrected chi connectivity index (χ3v) is 3.36. The van der Waals surface area contributed by atoms with Gasteiger partial charge in [-0.1, -0.05) is 12.1 Å². The summed E-state index contributed by atoms with van der Waals surface area (Å²) in [5, 5.41) is 6.05. The summed E-state index contributed by atoms with van der Waals surface area (Å²) < 4.78 is 5.27. The van der Waals surface area contributed by atoms with E-state index in [0.29, 0.717) is 37.0 Å². The van der Waals surface area contributed by atoms with Gasteiger partial charge in [0.2, 0.25) is 5.95 Å². The van der Waals surface area contributed by atoms with Crippen LogP contribution in [0.4, 0.5) is 11.6 Å². The predicted molar refractivity (Wildman–Crippen MR) is 94.7 cm³/mol. The Balaban J connectivity index is 2.05. The summed E-state index contributed by atoms with van der Waals surface area (Å²) in [6, 6.07) is 9.24. The van der Waals surface area contributed by atoms with Crippen molar-refractivity contribution in [3.05, 3.63) is 47.3 Å². The van der Waals surface area contributed by atoms with Crippen LogP contribution in [0.1, 0.15) is 35.1 Å². The number of nitrogens with one attached hydrogen (secondary N) is 2. The molecule has 0 spiro atoms. The van der Waals surface area contributed by atoms with Gasteiger partial charge in [0.1, 0.15) is 0 Å². The molecule has 6 heteroatoms. The summed E-state index contributed by atoms with van der Waals surface area (Å²) in [7, 11) is 0. The third kappa shape index (κ3) is 5.31. The SMILES string of the molecule is CCOCCCNC(=O)c1ccccc1Nc1nc(C)cc(C)n1. The molecule has 0 bridgehead atoms. The van der Waals surface area contributed by atoms with Gasteiger partial charge in [0.05, 0.1) is 11.3 Å². The minimum absolute atomic E-state index is 0.126. The van der Waals surface area contributed by atoms with Crippen LogP contribution in [0.5, 0.6) is 0 Å². The van der Waals surface area contributed by atoms with Crippen molar-refractivity contribution in [2.24, 2.45) is 0 Å². The van der Waals surface area contributed by atoms with Crippen LogP contribution < -0.4 is 10.6 Å². The Morgan fingerprint density at radius 2 is 1.88 bits per heavy atom. The zero-order chi connectivity index (χ0) is 17.4. The molecule has 24 heavy (non-hydrogen) atoms. The van der Waals surface area contributed by atoms with E-state index in [1.165, 1.54) is 0 Å². The van der Waals surface area contributed by atoms with Crippen molar-refractivity contribution in [1.82, 2.24) is 15.3 Å². The average molecular weight is 328 g/mol. The van der Waals surface area contributed by atoms with Gasteiger partial charge in [-0.15, -0.1) is 0 Å². The van der Waals surface area contributed by atoms with Crippen LogP contribution in [0.15, 0.2) is 30.3 Å². The summed E-state index contributed by atoms with van der Waals surface area (Å²) in [6.45, 7) is 7.69. The maximum atomic E-state index is 12.4. The van der Waals surface area contributed by atoms with Gasteiger partial charge >= 0.3 is 0 Å². The molecule has 0 atom stereocenters. The highest BCUT2D eigenvalue weighted by atomic mass is 16.5. The Labute approximate surface area is 142 Å². The van der Waals surface area contributed by atoms with E-state index in [0.717, 1.165) is 17.8 Å². The topological polar surface area (TPSA) is 76.1 Å². The molecule has 0 radical (unpaired) electrons. The zero-order valence-electron chi connectivity index (χ0n) is 14.4. The number of carbonyl (C=O) groups excluding carboxylic acids is 1. The van der Waals surface area contributed by atoms with Gasteiger partial charge in [0.25, 0.3) is 5.91 Å². The first-order valence-corrected chi connectivity index (χ1v) is 8.14. The van der Waals surface area contributed by atoms with Crippen molar-refractivity contribution in [2.75, 3.05) is 25.1 Å². The molecule has 0 fully saturated rings. The molecular formula is C18H24N4O2. The van der Waals surface area contributed by atoms with Crippen molar-refractivity contribution >= 4 is 17.5 Å². The van der Waals surface area contributed by atoms with Crippen LogP contribution in [0.25, 0.3) is 0 Å². The van der Waals surface area contributed by atoms with E-state index in [9.17, 15) is 4.79 Å². The molecule has 0 saturated carbocycles. The molecule has 0 saturated heterocycles. The maximum Gasteiger partial charge on any atom is 0.253 e. The van der Waals surface area contributed by atoms with Gasteiger partial charge in [0.15, 0.2) is 0 Å². The summed E-state index contributed by atoms with van der Waals surface area (Å²) in [4.78, 5) is 21.1. The number of rotatable bonds is 8. The minimum atomic E-state index is -0.126. The molecule has 6 nitrogen and oxygen atoms in total. The lowest BCUT2D eigenvalue weighted by Gasteiger charge is -2.12. The second-order valence-corrected chi connectivity index (χ2v) is 5.45. The lowest BCUT2D eigenvalue weighted by Crippen LogP contribution is -2.26. The number of benzene rings is 1. The fourth-order valence-corrected chi connectivity index (χ4v) is 2.31. The van der Waals surface area contributed by atoms with Crippen LogP contribution in [0.2, 0.25) is 0 Å². The molecule has 1 amide bonds. The van der Waals surface area contributed by atoms with Crippen molar-refractivity contribution in [3.63, 3.8) is 0 Å². The van der Waals surface area contributed by atoms with E-state index in [-0.39, 0.29) is 5.91 Å². The fourth-order valence-electron chi connectivity index (χ4n) is 2.31. The first-order chi connectivity index (χ1) is 11.6. The molecular weight excluding hydrogens is 304 g/mol. The second-order valence-electron chi connectivity index (χ2n) is 5.45. The van der Waals surface area contributed by atoms with Crippen molar-refractivity contribution in [3.8, 4) is 0 Å². The molecule has 128 valence electrons. The molecule has 2 rings (SSSR count). The predicted octanol–water partition coefficient (Wildman–Crippen LogP) is 2.99. The highest BCUT2D eigenvalue weighted by molar-refractivity contribution is 6.00.